The second kappa shape index (κ2) is 5.80. The highest BCUT2D eigenvalue weighted by atomic mass is 35.5. The fraction of sp³-hybridized carbons (Fsp3) is 0.214. The van der Waals surface area contributed by atoms with E-state index in [1.54, 1.807) is 13.3 Å². The van der Waals surface area contributed by atoms with Crippen molar-refractivity contribution in [1.29, 1.82) is 0 Å². The van der Waals surface area contributed by atoms with E-state index in [-0.39, 0.29) is 0 Å². The van der Waals surface area contributed by atoms with Crippen LogP contribution in [0.4, 0.5) is 11.5 Å². The summed E-state index contributed by atoms with van der Waals surface area (Å²) in [7, 11) is 1.62. The number of anilines is 2. The number of hydrogen-bond acceptors (Lipinski definition) is 4. The molecule has 3 N–H and O–H groups in total. The molecule has 2 aromatic rings. The molecule has 5 heteroatoms. The van der Waals surface area contributed by atoms with Gasteiger partial charge in [-0.15, -0.1) is 0 Å². The van der Waals surface area contributed by atoms with Crippen molar-refractivity contribution in [3.8, 4) is 5.75 Å². The monoisotopic (exact) mass is 277 g/mol. The Bertz CT molecular complexity index is 587. The van der Waals surface area contributed by atoms with Crippen LogP contribution >= 0.6 is 11.6 Å². The third kappa shape index (κ3) is 2.90. The topological polar surface area (TPSA) is 60.2 Å². The van der Waals surface area contributed by atoms with Gasteiger partial charge in [0.15, 0.2) is 0 Å². The van der Waals surface area contributed by atoms with Gasteiger partial charge in [0.2, 0.25) is 0 Å². The third-order valence-corrected chi connectivity index (χ3v) is 3.29. The van der Waals surface area contributed by atoms with Crippen molar-refractivity contribution in [2.75, 3.05) is 18.2 Å². The zero-order valence-corrected chi connectivity index (χ0v) is 11.7. The molecule has 0 saturated carbocycles. The summed E-state index contributed by atoms with van der Waals surface area (Å²) in [5, 5.41) is 3.84. The Morgan fingerprint density at radius 2 is 2.16 bits per heavy atom. The van der Waals surface area contributed by atoms with Crippen molar-refractivity contribution in [3.63, 3.8) is 0 Å². The summed E-state index contributed by atoms with van der Waals surface area (Å²) in [6, 6.07) is 7.42. The highest BCUT2D eigenvalue weighted by Crippen LogP contribution is 2.28. The largest absolute Gasteiger partial charge is 0.496 e. The van der Waals surface area contributed by atoms with Crippen LogP contribution in [-0.2, 0) is 6.54 Å². The first-order chi connectivity index (χ1) is 9.13. The van der Waals surface area contributed by atoms with Gasteiger partial charge in [0.1, 0.15) is 11.6 Å². The standard InChI is InChI=1S/C14H16ClN3O/c1-9-6-7-17-14(13(9)16)18-8-10-11(15)4-3-5-12(10)19-2/h3-7H,8,16H2,1-2H3,(H,17,18). The SMILES string of the molecule is COc1cccc(Cl)c1CNc1nccc(C)c1N. The lowest BCUT2D eigenvalue weighted by Gasteiger charge is -2.13. The van der Waals surface area contributed by atoms with E-state index in [0.29, 0.717) is 23.1 Å². The van der Waals surface area contributed by atoms with Gasteiger partial charge in [0.05, 0.1) is 12.8 Å². The molecule has 0 unspecified atom stereocenters. The molecule has 0 atom stereocenters. The molecule has 0 spiro atoms. The van der Waals surface area contributed by atoms with Crippen LogP contribution < -0.4 is 15.8 Å². The first-order valence-corrected chi connectivity index (χ1v) is 6.27. The number of rotatable bonds is 4. The van der Waals surface area contributed by atoms with E-state index >= 15 is 0 Å². The molecule has 19 heavy (non-hydrogen) atoms. The van der Waals surface area contributed by atoms with E-state index in [0.717, 1.165) is 16.9 Å². The van der Waals surface area contributed by atoms with E-state index in [4.69, 9.17) is 22.1 Å². The van der Waals surface area contributed by atoms with Crippen molar-refractivity contribution < 1.29 is 4.74 Å². The molecular weight excluding hydrogens is 262 g/mol. The predicted molar refractivity (Wildman–Crippen MR) is 78.7 cm³/mol. The van der Waals surface area contributed by atoms with Gasteiger partial charge in [0.25, 0.3) is 0 Å². The molecule has 0 aliphatic carbocycles. The summed E-state index contributed by atoms with van der Waals surface area (Å²) in [5.41, 5.74) is 8.49. The maximum atomic E-state index is 6.17. The number of benzene rings is 1. The molecule has 1 aromatic heterocycles. The highest BCUT2D eigenvalue weighted by Gasteiger charge is 2.09. The number of aryl methyl sites for hydroxylation is 1. The van der Waals surface area contributed by atoms with Crippen molar-refractivity contribution in [2.45, 2.75) is 13.5 Å². The normalized spacial score (nSPS) is 10.3. The minimum absolute atomic E-state index is 0.503. The lowest BCUT2D eigenvalue weighted by molar-refractivity contribution is 0.410. The van der Waals surface area contributed by atoms with Crippen LogP contribution in [0.5, 0.6) is 5.75 Å². The smallest absolute Gasteiger partial charge is 0.149 e. The molecule has 0 radical (unpaired) electrons. The van der Waals surface area contributed by atoms with Gasteiger partial charge in [-0.1, -0.05) is 17.7 Å². The molecule has 0 aliphatic rings. The molecule has 0 amide bonds. The van der Waals surface area contributed by atoms with E-state index in [2.05, 4.69) is 10.3 Å². The number of nitrogen functional groups attached to an aromatic ring is 1. The summed E-state index contributed by atoms with van der Waals surface area (Å²) in [6.45, 7) is 2.45. The number of aromatic nitrogens is 1. The first kappa shape index (κ1) is 13.5. The number of hydrogen-bond donors (Lipinski definition) is 2. The second-order valence-corrected chi connectivity index (χ2v) is 4.57. The number of methoxy groups -OCH3 is 1. The third-order valence-electron chi connectivity index (χ3n) is 2.94. The van der Waals surface area contributed by atoms with Crippen LogP contribution in [0.25, 0.3) is 0 Å². The fourth-order valence-corrected chi connectivity index (χ4v) is 2.02. The van der Waals surface area contributed by atoms with Gasteiger partial charge in [0, 0.05) is 23.3 Å². The highest BCUT2D eigenvalue weighted by molar-refractivity contribution is 6.31. The van der Waals surface area contributed by atoms with Crippen molar-refractivity contribution >= 4 is 23.1 Å². The summed E-state index contributed by atoms with van der Waals surface area (Å²) < 4.78 is 5.29. The maximum absolute atomic E-state index is 6.17. The minimum Gasteiger partial charge on any atom is -0.496 e. The summed E-state index contributed by atoms with van der Waals surface area (Å²) in [6.07, 6.45) is 1.72. The minimum atomic E-state index is 0.503. The number of nitrogens with zero attached hydrogens (tertiary/aromatic N) is 1. The van der Waals surface area contributed by atoms with Crippen LogP contribution in [-0.4, -0.2) is 12.1 Å². The molecule has 0 fully saturated rings. The molecular formula is C14H16ClN3O. The summed E-state index contributed by atoms with van der Waals surface area (Å²) in [5.74, 6) is 1.40. The van der Waals surface area contributed by atoms with Gasteiger partial charge in [-0.2, -0.15) is 0 Å². The Morgan fingerprint density at radius 1 is 1.37 bits per heavy atom. The Kier molecular flexibility index (Phi) is 4.12. The number of nitrogens with one attached hydrogen (secondary N) is 1. The molecule has 1 heterocycles. The van der Waals surface area contributed by atoms with Gasteiger partial charge < -0.3 is 15.8 Å². The molecule has 100 valence electrons. The van der Waals surface area contributed by atoms with Crippen molar-refractivity contribution in [2.24, 2.45) is 0 Å². The lowest BCUT2D eigenvalue weighted by Crippen LogP contribution is -2.07. The zero-order chi connectivity index (χ0) is 13.8. The molecule has 2 rings (SSSR count). The first-order valence-electron chi connectivity index (χ1n) is 5.89. The van der Waals surface area contributed by atoms with Crippen molar-refractivity contribution in [1.82, 2.24) is 4.98 Å². The van der Waals surface area contributed by atoms with Gasteiger partial charge in [-0.05, 0) is 30.7 Å². The van der Waals surface area contributed by atoms with Crippen molar-refractivity contribution in [3.05, 3.63) is 46.6 Å². The van der Waals surface area contributed by atoms with E-state index in [9.17, 15) is 0 Å². The van der Waals surface area contributed by atoms with Crippen LogP contribution in [0.1, 0.15) is 11.1 Å². The number of nitrogens with two attached hydrogens (primary N) is 1. The Hall–Kier alpha value is -1.94. The van der Waals surface area contributed by atoms with Gasteiger partial charge >= 0.3 is 0 Å². The average Bonchev–Trinajstić information content (AvgIpc) is 2.41. The molecule has 0 aliphatic heterocycles. The van der Waals surface area contributed by atoms with Gasteiger partial charge in [-0.3, -0.25) is 0 Å². The Balaban J connectivity index is 2.21. The molecule has 1 aromatic carbocycles. The molecule has 0 saturated heterocycles. The zero-order valence-electron chi connectivity index (χ0n) is 10.9. The van der Waals surface area contributed by atoms with E-state index in [1.807, 2.05) is 31.2 Å². The second-order valence-electron chi connectivity index (χ2n) is 4.16. The Morgan fingerprint density at radius 3 is 2.89 bits per heavy atom. The Labute approximate surface area is 117 Å². The van der Waals surface area contributed by atoms with Crippen LogP contribution in [0.3, 0.4) is 0 Å². The van der Waals surface area contributed by atoms with Crippen LogP contribution in [0.2, 0.25) is 5.02 Å². The lowest BCUT2D eigenvalue weighted by atomic mass is 10.2. The molecule has 4 nitrogen and oxygen atoms in total. The number of pyridine rings is 1. The number of ether oxygens (including phenoxy) is 1. The maximum Gasteiger partial charge on any atom is 0.149 e. The molecule has 0 bridgehead atoms. The summed E-state index contributed by atoms with van der Waals surface area (Å²) in [4.78, 5) is 4.22. The predicted octanol–water partition coefficient (Wildman–Crippen LogP) is 3.25. The fourth-order valence-electron chi connectivity index (χ4n) is 1.78. The van der Waals surface area contributed by atoms with Gasteiger partial charge in [-0.25, -0.2) is 4.98 Å². The van der Waals surface area contributed by atoms with Crippen LogP contribution in [0, 0.1) is 6.92 Å². The average molecular weight is 278 g/mol. The van der Waals surface area contributed by atoms with E-state index in [1.165, 1.54) is 0 Å². The summed E-state index contributed by atoms with van der Waals surface area (Å²) >= 11 is 6.17. The van der Waals surface area contributed by atoms with E-state index < -0.39 is 0 Å². The number of halogens is 1. The van der Waals surface area contributed by atoms with Crippen LogP contribution in [0.15, 0.2) is 30.5 Å². The quantitative estimate of drug-likeness (QED) is 0.901.